The Morgan fingerprint density at radius 2 is 2.11 bits per heavy atom. The van der Waals surface area contributed by atoms with E-state index in [-0.39, 0.29) is 17.4 Å². The number of amides is 1. The molecule has 0 unspecified atom stereocenters. The molecule has 27 heavy (non-hydrogen) atoms. The number of ether oxygens (including phenoxy) is 1. The number of fused-ring (bicyclic) bond motifs is 1. The molecule has 140 valence electrons. The second-order valence-corrected chi connectivity index (χ2v) is 6.59. The Balaban J connectivity index is 1.69. The summed E-state index contributed by atoms with van der Waals surface area (Å²) < 4.78 is 6.85. The summed E-state index contributed by atoms with van der Waals surface area (Å²) in [5.41, 5.74) is 1.96. The predicted molar refractivity (Wildman–Crippen MR) is 102 cm³/mol. The standard InChI is InChI=1S/C19H21N5O3/c1-27-14-4-2-3-13(9-14)22-19(26)15-11-21-24-16(10-17(25)23-18(15)24)12-5-7-20-8-6-12/h2-4,9-12,20H,5-8H2,1H3,(H,22,26)(H,23,25). The maximum absolute atomic E-state index is 12.8. The van der Waals surface area contributed by atoms with Gasteiger partial charge in [0.2, 0.25) is 0 Å². The Labute approximate surface area is 155 Å². The number of rotatable bonds is 4. The van der Waals surface area contributed by atoms with E-state index in [0.717, 1.165) is 31.6 Å². The second kappa shape index (κ2) is 7.24. The minimum Gasteiger partial charge on any atom is -0.497 e. The lowest BCUT2D eigenvalue weighted by molar-refractivity contribution is 0.102. The number of carbonyl (C=O) groups is 1. The van der Waals surface area contributed by atoms with Gasteiger partial charge < -0.3 is 20.4 Å². The third-order valence-electron chi connectivity index (χ3n) is 4.86. The van der Waals surface area contributed by atoms with Gasteiger partial charge in [-0.15, -0.1) is 0 Å². The number of benzene rings is 1. The van der Waals surface area contributed by atoms with Gasteiger partial charge in [0.1, 0.15) is 17.0 Å². The van der Waals surface area contributed by atoms with E-state index >= 15 is 0 Å². The lowest BCUT2D eigenvalue weighted by Crippen LogP contribution is -2.28. The van der Waals surface area contributed by atoms with E-state index in [9.17, 15) is 9.59 Å². The molecule has 3 N–H and O–H groups in total. The molecule has 4 rings (SSSR count). The van der Waals surface area contributed by atoms with E-state index in [4.69, 9.17) is 4.74 Å². The van der Waals surface area contributed by atoms with E-state index in [1.165, 1.54) is 6.20 Å². The molecular weight excluding hydrogens is 346 g/mol. The molecular formula is C19H21N5O3. The van der Waals surface area contributed by atoms with Crippen molar-refractivity contribution in [3.8, 4) is 5.75 Å². The molecule has 0 atom stereocenters. The fourth-order valence-electron chi connectivity index (χ4n) is 3.49. The molecule has 8 nitrogen and oxygen atoms in total. The molecule has 8 heteroatoms. The lowest BCUT2D eigenvalue weighted by Gasteiger charge is -2.23. The first-order chi connectivity index (χ1) is 13.2. The maximum atomic E-state index is 12.8. The van der Waals surface area contributed by atoms with Crippen LogP contribution in [0.4, 0.5) is 5.69 Å². The highest BCUT2D eigenvalue weighted by Gasteiger charge is 2.22. The zero-order valence-corrected chi connectivity index (χ0v) is 15.0. The van der Waals surface area contributed by atoms with Crippen LogP contribution in [0.25, 0.3) is 5.65 Å². The van der Waals surface area contributed by atoms with Gasteiger partial charge in [-0.2, -0.15) is 5.10 Å². The van der Waals surface area contributed by atoms with Gasteiger partial charge in [-0.25, -0.2) is 4.52 Å². The summed E-state index contributed by atoms with van der Waals surface area (Å²) in [6.07, 6.45) is 3.36. The molecule has 1 aliphatic rings. The Morgan fingerprint density at radius 3 is 2.89 bits per heavy atom. The van der Waals surface area contributed by atoms with E-state index in [0.29, 0.717) is 22.6 Å². The van der Waals surface area contributed by atoms with Gasteiger partial charge >= 0.3 is 0 Å². The van der Waals surface area contributed by atoms with Crippen molar-refractivity contribution in [2.75, 3.05) is 25.5 Å². The van der Waals surface area contributed by atoms with Crippen LogP contribution in [-0.4, -0.2) is 40.7 Å². The summed E-state index contributed by atoms with van der Waals surface area (Å²) >= 11 is 0. The van der Waals surface area contributed by atoms with E-state index in [1.807, 2.05) is 0 Å². The Kier molecular flexibility index (Phi) is 4.64. The SMILES string of the molecule is COc1cccc(NC(=O)c2cnn3c(C4CCNCC4)cc(=O)[nH]c23)c1. The molecule has 0 spiro atoms. The average Bonchev–Trinajstić information content (AvgIpc) is 3.12. The highest BCUT2D eigenvalue weighted by atomic mass is 16.5. The highest BCUT2D eigenvalue weighted by Crippen LogP contribution is 2.25. The summed E-state index contributed by atoms with van der Waals surface area (Å²) in [6.45, 7) is 1.81. The largest absolute Gasteiger partial charge is 0.497 e. The number of H-pyrrole nitrogens is 1. The van der Waals surface area contributed by atoms with Crippen molar-refractivity contribution >= 4 is 17.2 Å². The van der Waals surface area contributed by atoms with Gasteiger partial charge in [0.25, 0.3) is 11.5 Å². The van der Waals surface area contributed by atoms with Crippen molar-refractivity contribution in [1.82, 2.24) is 19.9 Å². The lowest BCUT2D eigenvalue weighted by atomic mass is 9.94. The monoisotopic (exact) mass is 367 g/mol. The Hall–Kier alpha value is -3.13. The molecule has 2 aromatic heterocycles. The van der Waals surface area contributed by atoms with Crippen molar-refractivity contribution in [2.45, 2.75) is 18.8 Å². The number of anilines is 1. The van der Waals surface area contributed by atoms with Gasteiger partial charge in [-0.3, -0.25) is 9.59 Å². The first-order valence-corrected chi connectivity index (χ1v) is 8.93. The molecule has 0 saturated carbocycles. The van der Waals surface area contributed by atoms with Crippen molar-refractivity contribution < 1.29 is 9.53 Å². The van der Waals surface area contributed by atoms with Crippen LogP contribution < -0.4 is 20.9 Å². The Bertz CT molecular complexity index is 1030. The van der Waals surface area contributed by atoms with Crippen molar-refractivity contribution in [1.29, 1.82) is 0 Å². The molecule has 0 radical (unpaired) electrons. The first kappa shape index (κ1) is 17.3. The summed E-state index contributed by atoms with van der Waals surface area (Å²) in [6, 6.07) is 8.68. The van der Waals surface area contributed by atoms with E-state index in [2.05, 4.69) is 20.7 Å². The molecule has 1 aromatic carbocycles. The van der Waals surface area contributed by atoms with Crippen LogP contribution in [-0.2, 0) is 0 Å². The third kappa shape index (κ3) is 3.43. The van der Waals surface area contributed by atoms with Crippen LogP contribution in [0.5, 0.6) is 5.75 Å². The molecule has 0 aliphatic carbocycles. The maximum Gasteiger partial charge on any atom is 0.261 e. The number of carbonyl (C=O) groups excluding carboxylic acids is 1. The van der Waals surface area contributed by atoms with Gasteiger partial charge in [0.15, 0.2) is 0 Å². The zero-order valence-electron chi connectivity index (χ0n) is 15.0. The summed E-state index contributed by atoms with van der Waals surface area (Å²) in [5.74, 6) is 0.552. The second-order valence-electron chi connectivity index (χ2n) is 6.59. The number of aromatic amines is 1. The van der Waals surface area contributed by atoms with Crippen molar-refractivity contribution in [2.24, 2.45) is 0 Å². The minimum atomic E-state index is -0.337. The number of hydrogen-bond acceptors (Lipinski definition) is 5. The topological polar surface area (TPSA) is 101 Å². The minimum absolute atomic E-state index is 0.230. The molecule has 3 heterocycles. The summed E-state index contributed by atoms with van der Waals surface area (Å²) in [7, 11) is 1.57. The van der Waals surface area contributed by atoms with Crippen LogP contribution in [0, 0.1) is 0 Å². The van der Waals surface area contributed by atoms with Crippen LogP contribution in [0.15, 0.2) is 41.3 Å². The average molecular weight is 367 g/mol. The Morgan fingerprint density at radius 1 is 1.30 bits per heavy atom. The van der Waals surface area contributed by atoms with Gasteiger partial charge in [0, 0.05) is 23.7 Å². The van der Waals surface area contributed by atoms with Crippen LogP contribution in [0.3, 0.4) is 0 Å². The number of hydrogen-bond donors (Lipinski definition) is 3. The third-order valence-corrected chi connectivity index (χ3v) is 4.86. The number of methoxy groups -OCH3 is 1. The van der Waals surface area contributed by atoms with Crippen LogP contribution in [0.1, 0.15) is 34.8 Å². The number of piperidine rings is 1. The fourth-order valence-corrected chi connectivity index (χ4v) is 3.49. The fraction of sp³-hybridized carbons (Fsp3) is 0.316. The molecule has 1 fully saturated rings. The summed E-state index contributed by atoms with van der Waals surface area (Å²) in [4.78, 5) is 27.7. The highest BCUT2D eigenvalue weighted by molar-refractivity contribution is 6.08. The normalized spacial score (nSPS) is 15.0. The number of nitrogens with one attached hydrogen (secondary N) is 3. The van der Waals surface area contributed by atoms with E-state index in [1.54, 1.807) is 42.0 Å². The van der Waals surface area contributed by atoms with Gasteiger partial charge in [0.05, 0.1) is 19.0 Å². The quantitative estimate of drug-likeness (QED) is 0.652. The molecule has 1 amide bonds. The van der Waals surface area contributed by atoms with Gasteiger partial charge in [-0.05, 0) is 38.1 Å². The van der Waals surface area contributed by atoms with Crippen LogP contribution >= 0.6 is 0 Å². The molecule has 1 aliphatic heterocycles. The van der Waals surface area contributed by atoms with Crippen molar-refractivity contribution in [3.05, 3.63) is 58.1 Å². The van der Waals surface area contributed by atoms with Crippen LogP contribution in [0.2, 0.25) is 0 Å². The predicted octanol–water partition coefficient (Wildman–Crippen LogP) is 1.75. The number of aromatic nitrogens is 3. The number of nitrogens with zero attached hydrogens (tertiary/aromatic N) is 2. The van der Waals surface area contributed by atoms with Gasteiger partial charge in [-0.1, -0.05) is 6.07 Å². The zero-order chi connectivity index (χ0) is 18.8. The smallest absolute Gasteiger partial charge is 0.261 e. The summed E-state index contributed by atoms with van der Waals surface area (Å²) in [5, 5.41) is 10.5. The van der Waals surface area contributed by atoms with E-state index < -0.39 is 0 Å². The molecule has 3 aromatic rings. The first-order valence-electron chi connectivity index (χ1n) is 8.93. The molecule has 1 saturated heterocycles. The molecule has 0 bridgehead atoms. The van der Waals surface area contributed by atoms with Crippen molar-refractivity contribution in [3.63, 3.8) is 0 Å².